The van der Waals surface area contributed by atoms with Crippen LogP contribution in [-0.4, -0.2) is 23.2 Å². The lowest BCUT2D eigenvalue weighted by Crippen LogP contribution is -2.33. The maximum Gasteiger partial charge on any atom is 0.276 e. The Bertz CT molecular complexity index is 775. The Hall–Kier alpha value is -1.71. The van der Waals surface area contributed by atoms with Crippen LogP contribution in [-0.2, 0) is 4.84 Å². The first-order valence-corrected chi connectivity index (χ1v) is 8.71. The van der Waals surface area contributed by atoms with Crippen LogP contribution in [0.2, 0.25) is 0 Å². The molecule has 0 unspecified atom stereocenters. The molecule has 0 heterocycles. The van der Waals surface area contributed by atoms with Crippen molar-refractivity contribution in [2.45, 2.75) is 26.4 Å². The van der Waals surface area contributed by atoms with Gasteiger partial charge in [0.15, 0.2) is 0 Å². The number of amides is 1. The van der Waals surface area contributed by atoms with E-state index in [1.807, 2.05) is 25.1 Å². The van der Waals surface area contributed by atoms with Gasteiger partial charge in [-0.15, -0.1) is 0 Å². The van der Waals surface area contributed by atoms with Crippen LogP contribution < -0.4 is 10.8 Å². The van der Waals surface area contributed by atoms with E-state index in [1.165, 1.54) is 18.2 Å². The van der Waals surface area contributed by atoms with Crippen molar-refractivity contribution in [1.29, 1.82) is 0 Å². The summed E-state index contributed by atoms with van der Waals surface area (Å²) < 4.78 is 14.7. The molecule has 0 saturated heterocycles. The maximum atomic E-state index is 13.6. The monoisotopic (exact) mass is 458 g/mol. The van der Waals surface area contributed by atoms with Crippen LogP contribution in [0, 0.1) is 16.3 Å². The Morgan fingerprint density at radius 3 is 2.60 bits per heavy atom. The molecule has 3 N–H and O–H groups in total. The van der Waals surface area contributed by atoms with Crippen molar-refractivity contribution < 1.29 is 19.1 Å². The summed E-state index contributed by atoms with van der Waals surface area (Å²) in [6.07, 6.45) is 0. The summed E-state index contributed by atoms with van der Waals surface area (Å²) >= 11 is 2.21. The number of halogens is 2. The van der Waals surface area contributed by atoms with Crippen LogP contribution in [0.3, 0.4) is 0 Å². The Kier molecular flexibility index (Phi) is 6.36. The van der Waals surface area contributed by atoms with E-state index in [4.69, 9.17) is 4.84 Å². The van der Waals surface area contributed by atoms with Crippen LogP contribution >= 0.6 is 22.6 Å². The summed E-state index contributed by atoms with van der Waals surface area (Å²) in [7, 11) is 0. The fourth-order valence-electron chi connectivity index (χ4n) is 2.06. The number of aryl methyl sites for hydroxylation is 1. The topological polar surface area (TPSA) is 70.6 Å². The number of aliphatic hydroxyl groups is 1. The van der Waals surface area contributed by atoms with Gasteiger partial charge in [0, 0.05) is 9.26 Å². The minimum Gasteiger partial charge on any atom is -0.388 e. The molecule has 0 aromatic heterocycles. The lowest BCUT2D eigenvalue weighted by molar-refractivity contribution is -0.0522. The standard InChI is InChI=1S/C18H20FIN2O3/c1-11-8-13(20)5-7-15(11)21-16-9-12(19)4-6-14(16)17(23)22-25-10-18(2,3)24/h4-9,21,24H,10H2,1-3H3,(H,22,23). The predicted molar refractivity (Wildman–Crippen MR) is 103 cm³/mol. The molecular weight excluding hydrogens is 438 g/mol. The number of anilines is 2. The van der Waals surface area contributed by atoms with E-state index in [1.54, 1.807) is 13.8 Å². The molecule has 7 heteroatoms. The first kappa shape index (κ1) is 19.6. The molecule has 2 rings (SSSR count). The lowest BCUT2D eigenvalue weighted by atomic mass is 10.1. The van der Waals surface area contributed by atoms with E-state index in [2.05, 4.69) is 33.4 Å². The van der Waals surface area contributed by atoms with Gasteiger partial charge in [0.25, 0.3) is 5.91 Å². The van der Waals surface area contributed by atoms with Crippen molar-refractivity contribution in [2.75, 3.05) is 11.9 Å². The molecule has 0 saturated carbocycles. The summed E-state index contributed by atoms with van der Waals surface area (Å²) in [5.41, 5.74) is 3.50. The van der Waals surface area contributed by atoms with Crippen LogP contribution in [0.5, 0.6) is 0 Å². The smallest absolute Gasteiger partial charge is 0.276 e. The molecule has 1 amide bonds. The quantitative estimate of drug-likeness (QED) is 0.454. The Morgan fingerprint density at radius 1 is 1.24 bits per heavy atom. The molecule has 0 atom stereocenters. The van der Waals surface area contributed by atoms with Crippen LogP contribution in [0.1, 0.15) is 29.8 Å². The summed E-state index contributed by atoms with van der Waals surface area (Å²) in [5, 5.41) is 12.7. The van der Waals surface area contributed by atoms with Gasteiger partial charge in [-0.2, -0.15) is 0 Å². The van der Waals surface area contributed by atoms with Gasteiger partial charge in [0.05, 0.1) is 16.9 Å². The third-order valence-corrected chi connectivity index (χ3v) is 3.95. The van der Waals surface area contributed by atoms with E-state index in [0.29, 0.717) is 5.69 Å². The van der Waals surface area contributed by atoms with Crippen molar-refractivity contribution in [2.24, 2.45) is 0 Å². The van der Waals surface area contributed by atoms with E-state index < -0.39 is 17.3 Å². The van der Waals surface area contributed by atoms with Gasteiger partial charge in [-0.3, -0.25) is 9.63 Å². The zero-order chi connectivity index (χ0) is 18.6. The van der Waals surface area contributed by atoms with Gasteiger partial charge >= 0.3 is 0 Å². The molecule has 0 aliphatic heterocycles. The number of nitrogens with one attached hydrogen (secondary N) is 2. The molecule has 0 spiro atoms. The second-order valence-electron chi connectivity index (χ2n) is 6.31. The van der Waals surface area contributed by atoms with Gasteiger partial charge in [-0.25, -0.2) is 9.87 Å². The van der Waals surface area contributed by atoms with Crippen LogP contribution in [0.4, 0.5) is 15.8 Å². The number of rotatable bonds is 6. The highest BCUT2D eigenvalue weighted by molar-refractivity contribution is 14.1. The lowest BCUT2D eigenvalue weighted by Gasteiger charge is -2.18. The molecule has 0 radical (unpaired) electrons. The third-order valence-electron chi connectivity index (χ3n) is 3.27. The van der Waals surface area contributed by atoms with Gasteiger partial charge in [-0.05, 0) is 85.3 Å². The van der Waals surface area contributed by atoms with E-state index in [9.17, 15) is 14.3 Å². The number of hydrogen-bond donors (Lipinski definition) is 3. The van der Waals surface area contributed by atoms with Gasteiger partial charge in [-0.1, -0.05) is 0 Å². The molecule has 0 aliphatic rings. The van der Waals surface area contributed by atoms with Crippen molar-refractivity contribution >= 4 is 39.9 Å². The number of hydrogen-bond acceptors (Lipinski definition) is 4. The number of benzene rings is 2. The van der Waals surface area contributed by atoms with Crippen LogP contribution in [0.25, 0.3) is 0 Å². The molecule has 134 valence electrons. The fourth-order valence-corrected chi connectivity index (χ4v) is 2.71. The van der Waals surface area contributed by atoms with E-state index >= 15 is 0 Å². The maximum absolute atomic E-state index is 13.6. The zero-order valence-corrected chi connectivity index (χ0v) is 16.3. The molecule has 2 aromatic rings. The minimum absolute atomic E-state index is 0.0705. The minimum atomic E-state index is -1.07. The number of carbonyl (C=O) groups excluding carboxylic acids is 1. The molecule has 0 bridgehead atoms. The summed E-state index contributed by atoms with van der Waals surface area (Å²) in [5.74, 6) is -0.991. The highest BCUT2D eigenvalue weighted by Gasteiger charge is 2.17. The average molecular weight is 458 g/mol. The van der Waals surface area contributed by atoms with Crippen molar-refractivity contribution in [3.8, 4) is 0 Å². The second-order valence-corrected chi connectivity index (χ2v) is 7.55. The third kappa shape index (κ3) is 5.94. The van der Waals surface area contributed by atoms with Crippen molar-refractivity contribution in [3.63, 3.8) is 0 Å². The van der Waals surface area contributed by atoms with Gasteiger partial charge in [0.1, 0.15) is 12.4 Å². The van der Waals surface area contributed by atoms with Crippen molar-refractivity contribution in [3.05, 3.63) is 56.9 Å². The largest absolute Gasteiger partial charge is 0.388 e. The summed E-state index contributed by atoms with van der Waals surface area (Å²) in [6, 6.07) is 9.60. The average Bonchev–Trinajstić information content (AvgIpc) is 2.49. The highest BCUT2D eigenvalue weighted by atomic mass is 127. The molecule has 2 aromatic carbocycles. The Labute approximate surface area is 159 Å². The van der Waals surface area contributed by atoms with Crippen LogP contribution in [0.15, 0.2) is 36.4 Å². The number of carbonyl (C=O) groups is 1. The zero-order valence-electron chi connectivity index (χ0n) is 14.2. The van der Waals surface area contributed by atoms with E-state index in [0.717, 1.165) is 14.8 Å². The van der Waals surface area contributed by atoms with E-state index in [-0.39, 0.29) is 12.2 Å². The predicted octanol–water partition coefficient (Wildman–Crippen LogP) is 3.91. The molecule has 25 heavy (non-hydrogen) atoms. The SMILES string of the molecule is Cc1cc(I)ccc1Nc1cc(F)ccc1C(=O)NOCC(C)(C)O. The fraction of sp³-hybridized carbons (Fsp3) is 0.278. The molecule has 0 fully saturated rings. The first-order chi connectivity index (χ1) is 11.7. The second kappa shape index (κ2) is 8.11. The molecular formula is C18H20FIN2O3. The molecule has 5 nitrogen and oxygen atoms in total. The first-order valence-electron chi connectivity index (χ1n) is 7.63. The summed E-state index contributed by atoms with van der Waals surface area (Å²) in [4.78, 5) is 17.3. The van der Waals surface area contributed by atoms with Gasteiger partial charge in [0.2, 0.25) is 0 Å². The highest BCUT2D eigenvalue weighted by Crippen LogP contribution is 2.25. The summed E-state index contributed by atoms with van der Waals surface area (Å²) in [6.45, 7) is 4.97. The normalized spacial score (nSPS) is 11.3. The van der Waals surface area contributed by atoms with Gasteiger partial charge < -0.3 is 10.4 Å². The number of hydroxylamine groups is 1. The molecule has 0 aliphatic carbocycles. The van der Waals surface area contributed by atoms with Crippen molar-refractivity contribution in [1.82, 2.24) is 5.48 Å². The Balaban J connectivity index is 2.20. The Morgan fingerprint density at radius 2 is 1.96 bits per heavy atom.